The van der Waals surface area contributed by atoms with Gasteiger partial charge in [-0.25, -0.2) is 4.79 Å². The molecule has 0 bridgehead atoms. The lowest BCUT2D eigenvalue weighted by molar-refractivity contribution is 0.0546. The number of aryl methyl sites for hydroxylation is 1. The summed E-state index contributed by atoms with van der Waals surface area (Å²) in [5.41, 5.74) is 2.01. The van der Waals surface area contributed by atoms with Crippen LogP contribution in [0.25, 0.3) is 0 Å². The van der Waals surface area contributed by atoms with E-state index in [1.165, 1.54) is 0 Å². The topological polar surface area (TPSA) is 41.6 Å². The number of ether oxygens (including phenoxy) is 1. The Morgan fingerprint density at radius 2 is 2.00 bits per heavy atom. The summed E-state index contributed by atoms with van der Waals surface area (Å²) < 4.78 is 6.55. The summed E-state index contributed by atoms with van der Waals surface area (Å²) in [6, 6.07) is 4.05. The summed E-state index contributed by atoms with van der Waals surface area (Å²) in [7, 11) is 0. The van der Waals surface area contributed by atoms with Gasteiger partial charge in [-0.05, 0) is 75.2 Å². The maximum Gasteiger partial charge on any atom is 0.415 e. The monoisotopic (exact) mass is 354 g/mol. The Bertz CT molecular complexity index is 576. The van der Waals surface area contributed by atoms with Crippen molar-refractivity contribution in [1.29, 1.82) is 0 Å². The minimum Gasteiger partial charge on any atom is -0.443 e. The molecule has 1 N–H and O–H groups in total. The summed E-state index contributed by atoms with van der Waals surface area (Å²) >= 11 is 3.57. The molecule has 1 aliphatic heterocycles. The van der Waals surface area contributed by atoms with E-state index >= 15 is 0 Å². The zero-order valence-electron chi connectivity index (χ0n) is 13.5. The highest BCUT2D eigenvalue weighted by molar-refractivity contribution is 9.10. The van der Waals surface area contributed by atoms with Crippen LogP contribution in [0, 0.1) is 6.92 Å². The van der Waals surface area contributed by atoms with Crippen LogP contribution in [0.15, 0.2) is 16.6 Å². The van der Waals surface area contributed by atoms with Crippen molar-refractivity contribution in [1.82, 2.24) is 0 Å². The van der Waals surface area contributed by atoms with E-state index in [9.17, 15) is 4.79 Å². The molecule has 0 radical (unpaired) electrons. The van der Waals surface area contributed by atoms with E-state index in [-0.39, 0.29) is 11.6 Å². The molecule has 0 saturated carbocycles. The minimum atomic E-state index is -0.515. The fourth-order valence-corrected chi connectivity index (χ4v) is 3.14. The molecule has 4 nitrogen and oxygen atoms in total. The van der Waals surface area contributed by atoms with Crippen molar-refractivity contribution in [2.24, 2.45) is 0 Å². The van der Waals surface area contributed by atoms with Crippen LogP contribution in [-0.2, 0) is 4.74 Å². The standard InChI is InChI=1S/C16H23BrN2O2/c1-10-7-11(17)13-12(8-10)19(16(5,6)9-18-13)14(20)21-15(2,3)4/h7-8,18H,9H2,1-6H3. The molecule has 1 aliphatic rings. The van der Waals surface area contributed by atoms with E-state index in [4.69, 9.17) is 4.74 Å². The van der Waals surface area contributed by atoms with Gasteiger partial charge in [0.15, 0.2) is 0 Å². The highest BCUT2D eigenvalue weighted by atomic mass is 79.9. The van der Waals surface area contributed by atoms with E-state index < -0.39 is 5.60 Å². The number of anilines is 2. The van der Waals surface area contributed by atoms with Crippen molar-refractivity contribution in [3.05, 3.63) is 22.2 Å². The van der Waals surface area contributed by atoms with Crippen molar-refractivity contribution in [3.63, 3.8) is 0 Å². The van der Waals surface area contributed by atoms with Crippen LogP contribution >= 0.6 is 15.9 Å². The molecule has 0 saturated heterocycles. The number of fused-ring (bicyclic) bond motifs is 1. The fraction of sp³-hybridized carbons (Fsp3) is 0.562. The van der Waals surface area contributed by atoms with Gasteiger partial charge in [0.05, 0.1) is 16.9 Å². The molecule has 1 aromatic carbocycles. The van der Waals surface area contributed by atoms with Gasteiger partial charge in [0, 0.05) is 11.0 Å². The van der Waals surface area contributed by atoms with E-state index in [0.29, 0.717) is 6.54 Å². The van der Waals surface area contributed by atoms with Crippen LogP contribution < -0.4 is 10.2 Å². The van der Waals surface area contributed by atoms with Crippen molar-refractivity contribution in [2.75, 3.05) is 16.8 Å². The first-order chi connectivity index (χ1) is 9.51. The first-order valence-electron chi connectivity index (χ1n) is 7.08. The average molecular weight is 355 g/mol. The molecule has 0 unspecified atom stereocenters. The Hall–Kier alpha value is -1.23. The quantitative estimate of drug-likeness (QED) is 0.733. The van der Waals surface area contributed by atoms with Crippen LogP contribution in [0.2, 0.25) is 0 Å². The second kappa shape index (κ2) is 5.20. The Morgan fingerprint density at radius 3 is 2.57 bits per heavy atom. The summed E-state index contributed by atoms with van der Waals surface area (Å²) in [5.74, 6) is 0. The summed E-state index contributed by atoms with van der Waals surface area (Å²) in [4.78, 5) is 14.4. The second-order valence-electron chi connectivity index (χ2n) is 7.12. The summed E-state index contributed by atoms with van der Waals surface area (Å²) in [5, 5.41) is 3.40. The largest absolute Gasteiger partial charge is 0.443 e. The molecule has 2 rings (SSSR count). The van der Waals surface area contributed by atoms with E-state index in [1.54, 1.807) is 4.90 Å². The Morgan fingerprint density at radius 1 is 1.38 bits per heavy atom. The molecule has 0 aliphatic carbocycles. The van der Waals surface area contributed by atoms with Crippen LogP contribution in [0.5, 0.6) is 0 Å². The maximum atomic E-state index is 12.7. The molecule has 5 heteroatoms. The lowest BCUT2D eigenvalue weighted by Crippen LogP contribution is -2.56. The fourth-order valence-electron chi connectivity index (χ4n) is 2.44. The first-order valence-corrected chi connectivity index (χ1v) is 7.88. The predicted molar refractivity (Wildman–Crippen MR) is 90.2 cm³/mol. The third kappa shape index (κ3) is 3.34. The lowest BCUT2D eigenvalue weighted by atomic mass is 9.97. The molecule has 21 heavy (non-hydrogen) atoms. The van der Waals surface area contributed by atoms with Crippen molar-refractivity contribution in [2.45, 2.75) is 52.7 Å². The number of rotatable bonds is 0. The van der Waals surface area contributed by atoms with E-state index in [1.807, 2.05) is 53.7 Å². The van der Waals surface area contributed by atoms with Crippen molar-refractivity contribution in [3.8, 4) is 0 Å². The third-order valence-corrected chi connectivity index (χ3v) is 3.96. The lowest BCUT2D eigenvalue weighted by Gasteiger charge is -2.44. The summed E-state index contributed by atoms with van der Waals surface area (Å²) in [6.45, 7) is 12.4. The Kier molecular flexibility index (Phi) is 4.00. The highest BCUT2D eigenvalue weighted by Crippen LogP contribution is 2.42. The van der Waals surface area contributed by atoms with Gasteiger partial charge < -0.3 is 10.1 Å². The number of hydrogen-bond donors (Lipinski definition) is 1. The van der Waals surface area contributed by atoms with Gasteiger partial charge >= 0.3 is 6.09 Å². The van der Waals surface area contributed by atoms with Gasteiger partial charge in [-0.2, -0.15) is 0 Å². The zero-order valence-corrected chi connectivity index (χ0v) is 15.1. The first kappa shape index (κ1) is 16.1. The molecule has 1 aromatic rings. The molecule has 0 atom stereocenters. The average Bonchev–Trinajstić information content (AvgIpc) is 2.23. The van der Waals surface area contributed by atoms with E-state index in [2.05, 4.69) is 21.2 Å². The van der Waals surface area contributed by atoms with Gasteiger partial charge in [0.25, 0.3) is 0 Å². The smallest absolute Gasteiger partial charge is 0.415 e. The maximum absolute atomic E-state index is 12.7. The number of halogens is 1. The van der Waals surface area contributed by atoms with Gasteiger partial charge in [0.1, 0.15) is 5.60 Å². The molecule has 0 aromatic heterocycles. The predicted octanol–water partition coefficient (Wildman–Crippen LogP) is 4.70. The van der Waals surface area contributed by atoms with Crippen LogP contribution in [0.1, 0.15) is 40.2 Å². The minimum absolute atomic E-state index is 0.312. The third-order valence-electron chi connectivity index (χ3n) is 3.33. The van der Waals surface area contributed by atoms with Gasteiger partial charge in [-0.1, -0.05) is 0 Å². The molecular weight excluding hydrogens is 332 g/mol. The Balaban J connectivity index is 2.51. The molecular formula is C16H23BrN2O2. The molecule has 0 spiro atoms. The van der Waals surface area contributed by atoms with Gasteiger partial charge in [-0.15, -0.1) is 0 Å². The normalized spacial score (nSPS) is 17.0. The number of amides is 1. The second-order valence-corrected chi connectivity index (χ2v) is 7.98. The number of hydrogen-bond acceptors (Lipinski definition) is 3. The Labute approximate surface area is 135 Å². The zero-order chi connectivity index (χ0) is 16.0. The van der Waals surface area contributed by atoms with Crippen molar-refractivity contribution < 1.29 is 9.53 Å². The SMILES string of the molecule is Cc1cc(Br)c2c(c1)N(C(=O)OC(C)(C)C)C(C)(C)CN2. The summed E-state index contributed by atoms with van der Waals surface area (Å²) in [6.07, 6.45) is -0.312. The number of nitrogens with zero attached hydrogens (tertiary/aromatic N) is 1. The van der Waals surface area contributed by atoms with Gasteiger partial charge in [0.2, 0.25) is 0 Å². The number of nitrogens with one attached hydrogen (secondary N) is 1. The highest BCUT2D eigenvalue weighted by Gasteiger charge is 2.40. The number of benzene rings is 1. The molecule has 0 fully saturated rings. The molecule has 1 heterocycles. The van der Waals surface area contributed by atoms with Crippen LogP contribution in [0.4, 0.5) is 16.2 Å². The molecule has 1 amide bonds. The van der Waals surface area contributed by atoms with Crippen molar-refractivity contribution >= 4 is 33.4 Å². The van der Waals surface area contributed by atoms with Crippen LogP contribution in [-0.4, -0.2) is 23.8 Å². The number of carbonyl (C=O) groups excluding carboxylic acids is 1. The number of carbonyl (C=O) groups is 1. The van der Waals surface area contributed by atoms with Gasteiger partial charge in [-0.3, -0.25) is 4.90 Å². The van der Waals surface area contributed by atoms with E-state index in [0.717, 1.165) is 21.4 Å². The van der Waals surface area contributed by atoms with Crippen LogP contribution in [0.3, 0.4) is 0 Å². The molecule has 116 valence electrons.